The van der Waals surface area contributed by atoms with Crippen LogP contribution in [0.3, 0.4) is 0 Å². The summed E-state index contributed by atoms with van der Waals surface area (Å²) in [6.07, 6.45) is -3.80. The molecule has 2 aromatic carbocycles. The number of ether oxygens (including phenoxy) is 1. The largest absolute Gasteiger partial charge is 0.491 e. The second-order valence-corrected chi connectivity index (χ2v) is 9.82. The molecule has 180 valence electrons. The first-order chi connectivity index (χ1) is 15.6. The van der Waals surface area contributed by atoms with Gasteiger partial charge in [-0.2, -0.15) is 13.2 Å². The molecule has 8 heteroatoms. The van der Waals surface area contributed by atoms with Crippen LogP contribution < -0.4 is 4.74 Å². The molecule has 3 unspecified atom stereocenters. The molecule has 0 bridgehead atoms. The van der Waals surface area contributed by atoms with Crippen molar-refractivity contribution in [2.45, 2.75) is 57.2 Å². The molecule has 3 rings (SSSR count). The van der Waals surface area contributed by atoms with Crippen LogP contribution in [0.4, 0.5) is 13.2 Å². The monoisotopic (exact) mass is 481 g/mol. The lowest BCUT2D eigenvalue weighted by Crippen LogP contribution is -2.23. The van der Waals surface area contributed by atoms with E-state index < -0.39 is 17.8 Å². The smallest absolute Gasteiger partial charge is 0.416 e. The second-order valence-electron chi connectivity index (χ2n) is 8.59. The highest BCUT2D eigenvalue weighted by Gasteiger charge is 2.34. The van der Waals surface area contributed by atoms with Gasteiger partial charge in [-0.3, -0.25) is 4.99 Å². The first kappa shape index (κ1) is 25.6. The van der Waals surface area contributed by atoms with Gasteiger partial charge >= 0.3 is 6.18 Å². The number of alkyl halides is 3. The third-order valence-corrected chi connectivity index (χ3v) is 7.10. The van der Waals surface area contributed by atoms with Crippen LogP contribution >= 0.6 is 11.8 Å². The fourth-order valence-electron chi connectivity index (χ4n) is 3.84. The van der Waals surface area contributed by atoms with Gasteiger partial charge in [-0.1, -0.05) is 38.1 Å². The number of aryl methyl sites for hydroxylation is 1. The van der Waals surface area contributed by atoms with Crippen LogP contribution in [0.25, 0.3) is 0 Å². The van der Waals surface area contributed by atoms with Gasteiger partial charge in [0.15, 0.2) is 0 Å². The van der Waals surface area contributed by atoms with Crippen molar-refractivity contribution in [1.82, 2.24) is 0 Å². The molecule has 0 fully saturated rings. The minimum absolute atomic E-state index is 0.0287. The first-order valence-corrected chi connectivity index (χ1v) is 11.9. The van der Waals surface area contributed by atoms with Crippen molar-refractivity contribution in [3.05, 3.63) is 64.7 Å². The molecule has 1 aliphatic rings. The molecule has 4 nitrogen and oxygen atoms in total. The molecule has 0 radical (unpaired) electrons. The summed E-state index contributed by atoms with van der Waals surface area (Å²) in [5.74, 6) is 0.910. The normalized spacial score (nSPS) is 19.6. The van der Waals surface area contributed by atoms with E-state index in [1.165, 1.54) is 12.1 Å². The second kappa shape index (κ2) is 10.9. The van der Waals surface area contributed by atoms with E-state index in [9.17, 15) is 18.3 Å². The van der Waals surface area contributed by atoms with Crippen molar-refractivity contribution in [3.8, 4) is 5.75 Å². The van der Waals surface area contributed by atoms with Crippen LogP contribution in [0.1, 0.15) is 55.0 Å². The highest BCUT2D eigenvalue weighted by Crippen LogP contribution is 2.39. The summed E-state index contributed by atoms with van der Waals surface area (Å²) in [6.45, 7) is 6.19. The van der Waals surface area contributed by atoms with Crippen LogP contribution in [0.2, 0.25) is 0 Å². The minimum atomic E-state index is -4.36. The molecule has 0 spiro atoms. The van der Waals surface area contributed by atoms with Gasteiger partial charge in [-0.25, -0.2) is 0 Å². The molecule has 2 aromatic rings. The van der Waals surface area contributed by atoms with E-state index in [0.29, 0.717) is 24.2 Å². The molecule has 2 N–H and O–H groups in total. The van der Waals surface area contributed by atoms with Crippen LogP contribution in [-0.4, -0.2) is 39.8 Å². The van der Waals surface area contributed by atoms with Gasteiger partial charge in [-0.15, -0.1) is 11.8 Å². The first-order valence-electron chi connectivity index (χ1n) is 11.0. The number of benzene rings is 2. The molecular weight excluding hydrogens is 451 g/mol. The zero-order valence-electron chi connectivity index (χ0n) is 19.0. The highest BCUT2D eigenvalue weighted by atomic mass is 32.2. The predicted molar refractivity (Wildman–Crippen MR) is 126 cm³/mol. The number of nitrogens with zero attached hydrogens (tertiary/aromatic N) is 1. The Morgan fingerprint density at radius 2 is 1.82 bits per heavy atom. The summed E-state index contributed by atoms with van der Waals surface area (Å²) in [5.41, 5.74) is 1.70. The SMILES string of the molecule is Cc1ccc(C(O)CCC2SC(c3ccc(C(F)(F)F)cc3)=NC2C(C)C)cc1OCCO. The highest BCUT2D eigenvalue weighted by molar-refractivity contribution is 8.15. The average molecular weight is 482 g/mol. The molecule has 0 aromatic heterocycles. The minimum Gasteiger partial charge on any atom is -0.491 e. The summed E-state index contributed by atoms with van der Waals surface area (Å²) in [6, 6.07) is 10.7. The van der Waals surface area contributed by atoms with E-state index in [4.69, 9.17) is 14.8 Å². The Morgan fingerprint density at radius 1 is 1.12 bits per heavy atom. The molecule has 1 heterocycles. The maximum atomic E-state index is 12.9. The summed E-state index contributed by atoms with van der Waals surface area (Å²) < 4.78 is 44.2. The fourth-order valence-corrected chi connectivity index (χ4v) is 5.35. The van der Waals surface area contributed by atoms with Gasteiger partial charge in [0.1, 0.15) is 12.4 Å². The van der Waals surface area contributed by atoms with Crippen molar-refractivity contribution in [1.29, 1.82) is 0 Å². The number of aliphatic hydroxyl groups excluding tert-OH is 2. The van der Waals surface area contributed by atoms with E-state index in [1.54, 1.807) is 11.8 Å². The van der Waals surface area contributed by atoms with Gasteiger partial charge in [0.25, 0.3) is 0 Å². The Balaban J connectivity index is 1.66. The Hall–Kier alpha value is -2.03. The number of halogens is 3. The summed E-state index contributed by atoms with van der Waals surface area (Å²) in [5, 5.41) is 20.6. The molecule has 33 heavy (non-hydrogen) atoms. The van der Waals surface area contributed by atoms with Gasteiger partial charge in [0.05, 0.1) is 29.4 Å². The molecule has 0 aliphatic carbocycles. The van der Waals surface area contributed by atoms with Crippen molar-refractivity contribution < 1.29 is 28.1 Å². The molecule has 0 saturated carbocycles. The van der Waals surface area contributed by atoms with Crippen molar-refractivity contribution >= 4 is 16.8 Å². The number of hydrogen-bond acceptors (Lipinski definition) is 5. The quantitative estimate of drug-likeness (QED) is 0.476. The van der Waals surface area contributed by atoms with Gasteiger partial charge < -0.3 is 14.9 Å². The topological polar surface area (TPSA) is 62.1 Å². The van der Waals surface area contributed by atoms with Crippen LogP contribution in [0.5, 0.6) is 5.75 Å². The molecule has 1 aliphatic heterocycles. The number of aliphatic hydroxyl groups is 2. The number of hydrogen-bond donors (Lipinski definition) is 2. The standard InChI is InChI=1S/C25H30F3NO3S/c1-15(2)23-22(33-24(29-23)17-6-8-19(9-7-17)25(26,27)28)11-10-20(31)18-5-4-16(3)21(14-18)32-13-12-30/h4-9,14-15,20,22-23,30-31H,10-13H2,1-3H3. The molecule has 3 atom stereocenters. The maximum Gasteiger partial charge on any atom is 0.416 e. The van der Waals surface area contributed by atoms with Gasteiger partial charge in [0, 0.05) is 10.8 Å². The fraction of sp³-hybridized carbons (Fsp3) is 0.480. The molecular formula is C25H30F3NO3S. The third-order valence-electron chi connectivity index (χ3n) is 5.72. The lowest BCUT2D eigenvalue weighted by Gasteiger charge is -2.22. The lowest BCUT2D eigenvalue weighted by molar-refractivity contribution is -0.137. The zero-order chi connectivity index (χ0) is 24.2. The molecule has 0 amide bonds. The Labute approximate surface area is 196 Å². The summed E-state index contributed by atoms with van der Waals surface area (Å²) >= 11 is 1.57. The van der Waals surface area contributed by atoms with Gasteiger partial charge in [-0.05, 0) is 55.0 Å². The van der Waals surface area contributed by atoms with Crippen molar-refractivity contribution in [2.75, 3.05) is 13.2 Å². The Morgan fingerprint density at radius 3 is 2.42 bits per heavy atom. The molecule has 0 saturated heterocycles. The lowest BCUT2D eigenvalue weighted by atomic mass is 9.95. The van der Waals surface area contributed by atoms with E-state index in [2.05, 4.69) is 13.8 Å². The van der Waals surface area contributed by atoms with Crippen LogP contribution in [-0.2, 0) is 6.18 Å². The van der Waals surface area contributed by atoms with E-state index in [0.717, 1.165) is 28.3 Å². The van der Waals surface area contributed by atoms with Gasteiger partial charge in [0.2, 0.25) is 0 Å². The number of thioether (sulfide) groups is 1. The zero-order valence-corrected chi connectivity index (χ0v) is 19.8. The maximum absolute atomic E-state index is 12.9. The van der Waals surface area contributed by atoms with Crippen molar-refractivity contribution in [2.24, 2.45) is 10.9 Å². The van der Waals surface area contributed by atoms with Crippen LogP contribution in [0, 0.1) is 12.8 Å². The Kier molecular flexibility index (Phi) is 8.48. The predicted octanol–water partition coefficient (Wildman–Crippen LogP) is 5.79. The number of aliphatic imine (C=N–C) groups is 1. The Bertz CT molecular complexity index is 960. The number of rotatable bonds is 9. The van der Waals surface area contributed by atoms with Crippen molar-refractivity contribution in [3.63, 3.8) is 0 Å². The van der Waals surface area contributed by atoms with E-state index >= 15 is 0 Å². The third kappa shape index (κ3) is 6.52. The summed E-state index contributed by atoms with van der Waals surface area (Å²) in [7, 11) is 0. The van der Waals surface area contributed by atoms with E-state index in [-0.39, 0.29) is 30.4 Å². The summed E-state index contributed by atoms with van der Waals surface area (Å²) in [4.78, 5) is 4.81. The van der Waals surface area contributed by atoms with Crippen LogP contribution in [0.15, 0.2) is 47.5 Å². The van der Waals surface area contributed by atoms with E-state index in [1.807, 2.05) is 25.1 Å². The average Bonchev–Trinajstić information content (AvgIpc) is 3.21.